The van der Waals surface area contributed by atoms with E-state index < -0.39 is 0 Å². The molecule has 2 rings (SSSR count). The van der Waals surface area contributed by atoms with Gasteiger partial charge < -0.3 is 10.2 Å². The van der Waals surface area contributed by atoms with Gasteiger partial charge in [0.05, 0.1) is 6.67 Å². The lowest BCUT2D eigenvalue weighted by molar-refractivity contribution is 0.340. The van der Waals surface area contributed by atoms with Crippen LogP contribution < -0.4 is 5.32 Å². The number of anilines is 1. The monoisotopic (exact) mass is 263 g/mol. The first kappa shape index (κ1) is 13.8. The van der Waals surface area contributed by atoms with E-state index >= 15 is 0 Å². The Morgan fingerprint density at radius 1 is 1.16 bits per heavy atom. The summed E-state index contributed by atoms with van der Waals surface area (Å²) in [6, 6.07) is 10.0. The van der Waals surface area contributed by atoms with Gasteiger partial charge in [-0.3, -0.25) is 9.38 Å². The molecule has 19 heavy (non-hydrogen) atoms. The van der Waals surface area contributed by atoms with Gasteiger partial charge in [0.2, 0.25) is 0 Å². The molecule has 1 aliphatic heterocycles. The SMILES string of the molecule is FCCCN=C(Nc1ccccc1)N1CCCCC1. The van der Waals surface area contributed by atoms with Gasteiger partial charge in [0.25, 0.3) is 0 Å². The molecule has 0 spiro atoms. The normalized spacial score (nSPS) is 16.5. The first-order valence-corrected chi connectivity index (χ1v) is 7.07. The molecule has 3 nitrogen and oxygen atoms in total. The highest BCUT2D eigenvalue weighted by atomic mass is 19.1. The number of likely N-dealkylation sites (tertiary alicyclic amines) is 1. The van der Waals surface area contributed by atoms with Crippen LogP contribution in [0.25, 0.3) is 0 Å². The molecule has 1 fully saturated rings. The van der Waals surface area contributed by atoms with Crippen LogP contribution in [0.4, 0.5) is 10.1 Å². The highest BCUT2D eigenvalue weighted by Crippen LogP contribution is 2.12. The lowest BCUT2D eigenvalue weighted by Gasteiger charge is -2.30. The minimum atomic E-state index is -0.303. The molecule has 0 atom stereocenters. The third-order valence-electron chi connectivity index (χ3n) is 3.24. The Kier molecular flexibility index (Phi) is 5.66. The Hall–Kier alpha value is -1.58. The van der Waals surface area contributed by atoms with Gasteiger partial charge in [0, 0.05) is 25.3 Å². The summed E-state index contributed by atoms with van der Waals surface area (Å²) in [5.41, 5.74) is 1.03. The molecule has 1 aromatic rings. The van der Waals surface area contributed by atoms with E-state index in [4.69, 9.17) is 0 Å². The van der Waals surface area contributed by atoms with Crippen LogP contribution in [0.15, 0.2) is 35.3 Å². The van der Waals surface area contributed by atoms with E-state index in [-0.39, 0.29) is 6.67 Å². The van der Waals surface area contributed by atoms with Crippen molar-refractivity contribution < 1.29 is 4.39 Å². The van der Waals surface area contributed by atoms with Crippen molar-refractivity contribution in [2.24, 2.45) is 4.99 Å². The van der Waals surface area contributed by atoms with Crippen LogP contribution in [0.1, 0.15) is 25.7 Å². The summed E-state index contributed by atoms with van der Waals surface area (Å²) in [7, 11) is 0. The second-order valence-corrected chi connectivity index (χ2v) is 4.79. The van der Waals surface area contributed by atoms with E-state index in [0.29, 0.717) is 13.0 Å². The molecule has 4 heteroatoms. The molecule has 0 aromatic heterocycles. The Balaban J connectivity index is 2.02. The topological polar surface area (TPSA) is 27.6 Å². The molecule has 104 valence electrons. The summed E-state index contributed by atoms with van der Waals surface area (Å²) in [6.45, 7) is 2.31. The Bertz CT molecular complexity index is 386. The zero-order chi connectivity index (χ0) is 13.3. The largest absolute Gasteiger partial charge is 0.343 e. The maximum Gasteiger partial charge on any atom is 0.198 e. The van der Waals surface area contributed by atoms with Crippen molar-refractivity contribution in [3.63, 3.8) is 0 Å². The lowest BCUT2D eigenvalue weighted by atomic mass is 10.1. The number of nitrogens with one attached hydrogen (secondary N) is 1. The van der Waals surface area contributed by atoms with Crippen molar-refractivity contribution in [1.29, 1.82) is 0 Å². The molecule has 1 heterocycles. The highest BCUT2D eigenvalue weighted by molar-refractivity contribution is 5.93. The van der Waals surface area contributed by atoms with Crippen LogP contribution in [0, 0.1) is 0 Å². The van der Waals surface area contributed by atoms with Crippen molar-refractivity contribution in [3.8, 4) is 0 Å². The number of halogens is 1. The third kappa shape index (κ3) is 4.54. The molecule has 1 aliphatic rings. The Morgan fingerprint density at radius 3 is 2.58 bits per heavy atom. The Morgan fingerprint density at radius 2 is 1.89 bits per heavy atom. The molecular weight excluding hydrogens is 241 g/mol. The van der Waals surface area contributed by atoms with Gasteiger partial charge in [-0.25, -0.2) is 0 Å². The molecule has 0 saturated carbocycles. The lowest BCUT2D eigenvalue weighted by Crippen LogP contribution is -2.40. The molecule has 0 amide bonds. The van der Waals surface area contributed by atoms with Crippen LogP contribution in [0.2, 0.25) is 0 Å². The molecular formula is C15H22FN3. The van der Waals surface area contributed by atoms with E-state index in [9.17, 15) is 4.39 Å². The van der Waals surface area contributed by atoms with Crippen molar-refractivity contribution in [1.82, 2.24) is 4.90 Å². The van der Waals surface area contributed by atoms with Gasteiger partial charge in [0.1, 0.15) is 0 Å². The summed E-state index contributed by atoms with van der Waals surface area (Å²) in [5, 5.41) is 3.36. The molecule has 0 aliphatic carbocycles. The summed E-state index contributed by atoms with van der Waals surface area (Å²) in [6.07, 6.45) is 4.20. The highest BCUT2D eigenvalue weighted by Gasteiger charge is 2.14. The molecule has 0 radical (unpaired) electrons. The third-order valence-corrected chi connectivity index (χ3v) is 3.24. The average molecular weight is 263 g/mol. The number of nitrogens with zero attached hydrogens (tertiary/aromatic N) is 2. The van der Waals surface area contributed by atoms with Gasteiger partial charge in [-0.1, -0.05) is 18.2 Å². The standard InChI is InChI=1S/C15H22FN3/c16-10-7-11-17-15(19-12-5-2-6-13-19)18-14-8-3-1-4-9-14/h1,3-4,8-9H,2,5-7,10-13H2,(H,17,18). The maximum absolute atomic E-state index is 12.2. The van der Waals surface area contributed by atoms with Crippen LogP contribution in [-0.4, -0.2) is 37.2 Å². The Labute approximate surface area is 114 Å². The average Bonchev–Trinajstić information content (AvgIpc) is 2.48. The van der Waals surface area contributed by atoms with Gasteiger partial charge in [0.15, 0.2) is 5.96 Å². The van der Waals surface area contributed by atoms with Crippen molar-refractivity contribution in [2.75, 3.05) is 31.6 Å². The zero-order valence-electron chi connectivity index (χ0n) is 11.3. The second kappa shape index (κ2) is 7.77. The van der Waals surface area contributed by atoms with E-state index in [2.05, 4.69) is 15.2 Å². The smallest absolute Gasteiger partial charge is 0.198 e. The fourth-order valence-corrected chi connectivity index (χ4v) is 2.22. The maximum atomic E-state index is 12.2. The number of benzene rings is 1. The van der Waals surface area contributed by atoms with Crippen LogP contribution in [0.5, 0.6) is 0 Å². The number of aliphatic imine (C=N–C) groups is 1. The number of rotatable bonds is 4. The molecule has 0 bridgehead atoms. The first-order valence-electron chi connectivity index (χ1n) is 7.07. The van der Waals surface area contributed by atoms with Crippen LogP contribution >= 0.6 is 0 Å². The number of para-hydroxylation sites is 1. The van der Waals surface area contributed by atoms with E-state index in [1.165, 1.54) is 19.3 Å². The second-order valence-electron chi connectivity index (χ2n) is 4.79. The predicted octanol–water partition coefficient (Wildman–Crippen LogP) is 3.30. The molecule has 1 N–H and O–H groups in total. The van der Waals surface area contributed by atoms with E-state index in [0.717, 1.165) is 24.7 Å². The fourth-order valence-electron chi connectivity index (χ4n) is 2.22. The first-order chi connectivity index (χ1) is 9.40. The van der Waals surface area contributed by atoms with Crippen molar-refractivity contribution in [2.45, 2.75) is 25.7 Å². The van der Waals surface area contributed by atoms with Gasteiger partial charge in [-0.15, -0.1) is 0 Å². The number of piperidine rings is 1. The number of hydrogen-bond acceptors (Lipinski definition) is 1. The van der Waals surface area contributed by atoms with Crippen LogP contribution in [0.3, 0.4) is 0 Å². The summed E-state index contributed by atoms with van der Waals surface area (Å²) < 4.78 is 12.2. The molecule has 0 unspecified atom stereocenters. The zero-order valence-corrected chi connectivity index (χ0v) is 11.3. The van der Waals surface area contributed by atoms with E-state index in [1.807, 2.05) is 30.3 Å². The van der Waals surface area contributed by atoms with Crippen LogP contribution in [-0.2, 0) is 0 Å². The minimum absolute atomic E-state index is 0.303. The van der Waals surface area contributed by atoms with E-state index in [1.54, 1.807) is 0 Å². The quantitative estimate of drug-likeness (QED) is 0.513. The summed E-state index contributed by atoms with van der Waals surface area (Å²) in [4.78, 5) is 6.80. The number of hydrogen-bond donors (Lipinski definition) is 1. The summed E-state index contributed by atoms with van der Waals surface area (Å²) >= 11 is 0. The van der Waals surface area contributed by atoms with Gasteiger partial charge >= 0.3 is 0 Å². The summed E-state index contributed by atoms with van der Waals surface area (Å²) in [5.74, 6) is 0.888. The minimum Gasteiger partial charge on any atom is -0.343 e. The predicted molar refractivity (Wildman–Crippen MR) is 78.4 cm³/mol. The fraction of sp³-hybridized carbons (Fsp3) is 0.533. The van der Waals surface area contributed by atoms with Gasteiger partial charge in [-0.2, -0.15) is 0 Å². The van der Waals surface area contributed by atoms with Gasteiger partial charge in [-0.05, 0) is 37.8 Å². The molecule has 1 aromatic carbocycles. The van der Waals surface area contributed by atoms with Crippen molar-refractivity contribution in [3.05, 3.63) is 30.3 Å². The molecule has 1 saturated heterocycles. The number of guanidine groups is 1. The van der Waals surface area contributed by atoms with Crippen molar-refractivity contribution >= 4 is 11.6 Å². The number of alkyl halides is 1.